The fourth-order valence-electron chi connectivity index (χ4n) is 1.01. The summed E-state index contributed by atoms with van der Waals surface area (Å²) in [4.78, 5) is 10.4. The first kappa shape index (κ1) is 7.88. The van der Waals surface area contributed by atoms with Gasteiger partial charge in [-0.3, -0.25) is 10.1 Å². The quantitative estimate of drug-likeness (QED) is 0.573. The van der Waals surface area contributed by atoms with Crippen molar-refractivity contribution in [1.29, 1.82) is 0 Å². The van der Waals surface area contributed by atoms with Crippen LogP contribution in [0.2, 0.25) is 0 Å². The summed E-state index contributed by atoms with van der Waals surface area (Å²) in [7, 11) is 0. The summed E-state index contributed by atoms with van der Waals surface area (Å²) in [6.45, 7) is 4.49. The van der Waals surface area contributed by atoms with E-state index in [2.05, 4.69) is 10.6 Å². The van der Waals surface area contributed by atoms with Gasteiger partial charge in [0.1, 0.15) is 4.99 Å². The maximum atomic E-state index is 10.6. The summed E-state index contributed by atoms with van der Waals surface area (Å²) < 4.78 is 0. The van der Waals surface area contributed by atoms with Crippen LogP contribution in [-0.4, -0.2) is 23.2 Å². The highest BCUT2D eigenvalue weighted by molar-refractivity contribution is 8.00. The molecule has 0 aromatic rings. The van der Waals surface area contributed by atoms with Gasteiger partial charge in [-0.1, -0.05) is 0 Å². The topological polar surface area (TPSA) is 41.1 Å². The molecule has 0 bridgehead atoms. The minimum atomic E-state index is -0.216. The van der Waals surface area contributed by atoms with Crippen molar-refractivity contribution >= 4 is 17.7 Å². The van der Waals surface area contributed by atoms with Crippen LogP contribution in [0.5, 0.6) is 0 Å². The zero-order chi connectivity index (χ0) is 7.61. The summed E-state index contributed by atoms with van der Waals surface area (Å²) in [5.41, 5.74) is 0. The Bertz CT molecular complexity index is 143. The van der Waals surface area contributed by atoms with Crippen molar-refractivity contribution in [3.8, 4) is 0 Å². The highest BCUT2D eigenvalue weighted by Gasteiger charge is 2.28. The van der Waals surface area contributed by atoms with Gasteiger partial charge < -0.3 is 5.32 Å². The number of nitrogens with one attached hydrogen (secondary N) is 2. The maximum absolute atomic E-state index is 10.6. The molecule has 1 rings (SSSR count). The number of hydrogen-bond acceptors (Lipinski definition) is 3. The van der Waals surface area contributed by atoms with Gasteiger partial charge in [0.25, 0.3) is 0 Å². The van der Waals surface area contributed by atoms with Crippen molar-refractivity contribution in [2.24, 2.45) is 0 Å². The van der Waals surface area contributed by atoms with E-state index in [1.54, 1.807) is 11.8 Å². The van der Waals surface area contributed by atoms with Crippen molar-refractivity contribution in [2.75, 3.05) is 12.3 Å². The standard InChI is InChI=1S/C6H12N2OS/c1-5(9)8-6(2)7-3-4-10-6/h7H,3-4H2,1-2H3,(H,8,9). The van der Waals surface area contributed by atoms with Gasteiger partial charge in [-0.25, -0.2) is 0 Å². The van der Waals surface area contributed by atoms with Gasteiger partial charge in [0, 0.05) is 19.2 Å². The Hall–Kier alpha value is -0.220. The molecule has 0 saturated carbocycles. The Labute approximate surface area is 64.9 Å². The molecule has 1 amide bonds. The molecular formula is C6H12N2OS. The fourth-order valence-corrected chi connectivity index (χ4v) is 2.04. The molecule has 1 atom stereocenters. The summed E-state index contributed by atoms with van der Waals surface area (Å²) in [6.07, 6.45) is 0. The first-order valence-corrected chi connectivity index (χ1v) is 4.29. The Morgan fingerprint density at radius 1 is 1.80 bits per heavy atom. The molecule has 1 heterocycles. The molecule has 1 fully saturated rings. The minimum absolute atomic E-state index is 0.0180. The molecule has 0 spiro atoms. The summed E-state index contributed by atoms with van der Waals surface area (Å²) in [6, 6.07) is 0. The number of hydrogen-bond donors (Lipinski definition) is 2. The van der Waals surface area contributed by atoms with Gasteiger partial charge in [-0.15, -0.1) is 11.8 Å². The third-order valence-electron chi connectivity index (χ3n) is 1.37. The van der Waals surface area contributed by atoms with Gasteiger partial charge in [0.2, 0.25) is 5.91 Å². The fraction of sp³-hybridized carbons (Fsp3) is 0.833. The average Bonchev–Trinajstić information content (AvgIpc) is 2.12. The summed E-state index contributed by atoms with van der Waals surface area (Å²) >= 11 is 1.73. The molecule has 1 saturated heterocycles. The van der Waals surface area contributed by atoms with Crippen LogP contribution in [0.1, 0.15) is 13.8 Å². The highest BCUT2D eigenvalue weighted by Crippen LogP contribution is 2.22. The van der Waals surface area contributed by atoms with Crippen LogP contribution >= 0.6 is 11.8 Å². The zero-order valence-corrected chi connectivity index (χ0v) is 7.05. The molecule has 10 heavy (non-hydrogen) atoms. The third kappa shape index (κ3) is 1.88. The number of amides is 1. The molecule has 1 aliphatic rings. The summed E-state index contributed by atoms with van der Waals surface area (Å²) in [5.74, 6) is 1.08. The highest BCUT2D eigenvalue weighted by atomic mass is 32.2. The lowest BCUT2D eigenvalue weighted by molar-refractivity contribution is -0.120. The van der Waals surface area contributed by atoms with Crippen LogP contribution in [0, 0.1) is 0 Å². The molecule has 0 aromatic carbocycles. The Kier molecular flexibility index (Phi) is 2.21. The Morgan fingerprint density at radius 3 is 2.90 bits per heavy atom. The van der Waals surface area contributed by atoms with E-state index in [-0.39, 0.29) is 10.9 Å². The van der Waals surface area contributed by atoms with Crippen molar-refractivity contribution in [2.45, 2.75) is 18.8 Å². The lowest BCUT2D eigenvalue weighted by Gasteiger charge is -2.23. The van der Waals surface area contributed by atoms with Crippen LogP contribution in [0.4, 0.5) is 0 Å². The minimum Gasteiger partial charge on any atom is -0.330 e. The largest absolute Gasteiger partial charge is 0.330 e. The van der Waals surface area contributed by atoms with E-state index >= 15 is 0 Å². The number of rotatable bonds is 1. The molecular weight excluding hydrogens is 148 g/mol. The van der Waals surface area contributed by atoms with E-state index in [1.807, 2.05) is 6.92 Å². The number of carbonyl (C=O) groups excluding carboxylic acids is 1. The van der Waals surface area contributed by atoms with Crippen LogP contribution in [0.3, 0.4) is 0 Å². The van der Waals surface area contributed by atoms with Crippen molar-refractivity contribution in [1.82, 2.24) is 10.6 Å². The first-order chi connectivity index (χ1) is 4.62. The number of thioether (sulfide) groups is 1. The van der Waals surface area contributed by atoms with Gasteiger partial charge in [-0.2, -0.15) is 0 Å². The van der Waals surface area contributed by atoms with E-state index in [1.165, 1.54) is 6.92 Å². The Morgan fingerprint density at radius 2 is 2.50 bits per heavy atom. The van der Waals surface area contributed by atoms with Gasteiger partial charge in [-0.05, 0) is 6.92 Å². The lowest BCUT2D eigenvalue weighted by atomic mass is 10.5. The third-order valence-corrected chi connectivity index (χ3v) is 2.60. The van der Waals surface area contributed by atoms with Gasteiger partial charge >= 0.3 is 0 Å². The Balaban J connectivity index is 2.43. The monoisotopic (exact) mass is 160 g/mol. The molecule has 58 valence electrons. The van der Waals surface area contributed by atoms with Crippen LogP contribution in [-0.2, 0) is 4.79 Å². The smallest absolute Gasteiger partial charge is 0.218 e. The molecule has 0 aliphatic carbocycles. The predicted octanol–water partition coefficient (Wildman–Crippen LogP) is 0.133. The van der Waals surface area contributed by atoms with Gasteiger partial charge in [0.15, 0.2) is 0 Å². The second-order valence-electron chi connectivity index (χ2n) is 2.49. The average molecular weight is 160 g/mol. The SMILES string of the molecule is CC(=O)NC1(C)NCCS1. The lowest BCUT2D eigenvalue weighted by Crippen LogP contribution is -2.49. The molecule has 3 nitrogen and oxygen atoms in total. The molecule has 4 heteroatoms. The van der Waals surface area contributed by atoms with E-state index in [9.17, 15) is 4.79 Å². The maximum Gasteiger partial charge on any atom is 0.218 e. The number of carbonyl (C=O) groups is 1. The van der Waals surface area contributed by atoms with Crippen LogP contribution < -0.4 is 10.6 Å². The first-order valence-electron chi connectivity index (χ1n) is 3.30. The van der Waals surface area contributed by atoms with Crippen molar-refractivity contribution in [3.63, 3.8) is 0 Å². The van der Waals surface area contributed by atoms with Crippen LogP contribution in [0.25, 0.3) is 0 Å². The normalized spacial score (nSPS) is 32.2. The van der Waals surface area contributed by atoms with Crippen LogP contribution in [0.15, 0.2) is 0 Å². The van der Waals surface area contributed by atoms with E-state index in [4.69, 9.17) is 0 Å². The second-order valence-corrected chi connectivity index (χ2v) is 4.00. The second kappa shape index (κ2) is 2.80. The molecule has 1 unspecified atom stereocenters. The van der Waals surface area contributed by atoms with E-state index in [0.717, 1.165) is 12.3 Å². The molecule has 0 aromatic heterocycles. The zero-order valence-electron chi connectivity index (χ0n) is 6.23. The van der Waals surface area contributed by atoms with Gasteiger partial charge in [0.05, 0.1) is 0 Å². The van der Waals surface area contributed by atoms with Crippen molar-refractivity contribution in [3.05, 3.63) is 0 Å². The van der Waals surface area contributed by atoms with Crippen molar-refractivity contribution < 1.29 is 4.79 Å². The molecule has 0 radical (unpaired) electrons. The summed E-state index contributed by atoms with van der Waals surface area (Å²) in [5, 5.41) is 6.03. The molecule has 2 N–H and O–H groups in total. The molecule has 1 aliphatic heterocycles. The van der Waals surface area contributed by atoms with E-state index in [0.29, 0.717) is 0 Å². The predicted molar refractivity (Wildman–Crippen MR) is 42.7 cm³/mol. The van der Waals surface area contributed by atoms with E-state index < -0.39 is 0 Å².